The second-order valence-corrected chi connectivity index (χ2v) is 4.28. The molecule has 1 aromatic rings. The Bertz CT molecular complexity index is 421. The second-order valence-electron chi connectivity index (χ2n) is 4.28. The molecule has 90 valence electrons. The highest BCUT2D eigenvalue weighted by Crippen LogP contribution is 2.18. The lowest BCUT2D eigenvalue weighted by Crippen LogP contribution is -2.30. The zero-order chi connectivity index (χ0) is 12.3. The van der Waals surface area contributed by atoms with Gasteiger partial charge < -0.3 is 10.1 Å². The van der Waals surface area contributed by atoms with Crippen LogP contribution in [0.3, 0.4) is 0 Å². The fourth-order valence-electron chi connectivity index (χ4n) is 1.40. The molecule has 1 aliphatic carbocycles. The predicted molar refractivity (Wildman–Crippen MR) is 62.6 cm³/mol. The second kappa shape index (κ2) is 4.99. The van der Waals surface area contributed by atoms with Gasteiger partial charge in [0.2, 0.25) is 0 Å². The molecular weight excluding hydrogens is 218 g/mol. The average Bonchev–Trinajstić information content (AvgIpc) is 3.11. The minimum Gasteiger partial charge on any atom is -0.452 e. The Kier molecular flexibility index (Phi) is 3.42. The molecule has 0 aliphatic heterocycles. The lowest BCUT2D eigenvalue weighted by molar-refractivity contribution is -0.124. The third-order valence-corrected chi connectivity index (χ3v) is 2.56. The number of benzene rings is 1. The normalized spacial score (nSPS) is 14.2. The fourth-order valence-corrected chi connectivity index (χ4v) is 1.40. The number of ether oxygens (including phenoxy) is 1. The number of nitrogens with one attached hydrogen (secondary N) is 1. The first-order valence-electron chi connectivity index (χ1n) is 5.68. The van der Waals surface area contributed by atoms with Crippen LogP contribution in [-0.2, 0) is 9.53 Å². The summed E-state index contributed by atoms with van der Waals surface area (Å²) >= 11 is 0. The van der Waals surface area contributed by atoms with Crippen LogP contribution in [0.4, 0.5) is 0 Å². The molecule has 0 radical (unpaired) electrons. The molecule has 1 aromatic carbocycles. The molecule has 0 bridgehead atoms. The van der Waals surface area contributed by atoms with Gasteiger partial charge in [0.15, 0.2) is 6.61 Å². The number of esters is 1. The maximum Gasteiger partial charge on any atom is 0.338 e. The van der Waals surface area contributed by atoms with E-state index in [-0.39, 0.29) is 12.5 Å². The van der Waals surface area contributed by atoms with Crippen molar-refractivity contribution < 1.29 is 14.3 Å². The number of carbonyl (C=O) groups is 2. The summed E-state index contributed by atoms with van der Waals surface area (Å²) in [5, 5.41) is 2.75. The van der Waals surface area contributed by atoms with Crippen molar-refractivity contribution in [3.8, 4) is 0 Å². The Morgan fingerprint density at radius 3 is 2.53 bits per heavy atom. The minimum absolute atomic E-state index is 0.205. The van der Waals surface area contributed by atoms with Gasteiger partial charge in [0.25, 0.3) is 5.91 Å². The molecule has 0 spiro atoms. The maximum atomic E-state index is 11.6. The summed E-state index contributed by atoms with van der Waals surface area (Å²) in [6, 6.07) is 7.34. The Hall–Kier alpha value is -1.84. The summed E-state index contributed by atoms with van der Waals surface area (Å²) in [4.78, 5) is 22.9. The maximum absolute atomic E-state index is 11.6. The first-order chi connectivity index (χ1) is 8.15. The zero-order valence-electron chi connectivity index (χ0n) is 9.73. The Morgan fingerprint density at radius 1 is 1.29 bits per heavy atom. The fraction of sp³-hybridized carbons (Fsp3) is 0.385. The monoisotopic (exact) mass is 233 g/mol. The molecule has 0 atom stereocenters. The van der Waals surface area contributed by atoms with Gasteiger partial charge in [-0.3, -0.25) is 4.79 Å². The van der Waals surface area contributed by atoms with E-state index in [4.69, 9.17) is 4.74 Å². The van der Waals surface area contributed by atoms with Gasteiger partial charge in [0.1, 0.15) is 0 Å². The number of aryl methyl sites for hydroxylation is 1. The quantitative estimate of drug-likeness (QED) is 0.800. The van der Waals surface area contributed by atoms with E-state index in [0.29, 0.717) is 11.6 Å². The largest absolute Gasteiger partial charge is 0.452 e. The van der Waals surface area contributed by atoms with Crippen molar-refractivity contribution in [3.05, 3.63) is 35.4 Å². The van der Waals surface area contributed by atoms with Gasteiger partial charge in [-0.25, -0.2) is 4.79 Å². The summed E-state index contributed by atoms with van der Waals surface area (Å²) in [6.45, 7) is 1.74. The van der Waals surface area contributed by atoms with Crippen molar-refractivity contribution >= 4 is 11.9 Å². The molecule has 17 heavy (non-hydrogen) atoms. The highest BCUT2D eigenvalue weighted by atomic mass is 16.5. The van der Waals surface area contributed by atoms with E-state index in [0.717, 1.165) is 18.4 Å². The van der Waals surface area contributed by atoms with Crippen LogP contribution in [0, 0.1) is 6.92 Å². The van der Waals surface area contributed by atoms with Crippen molar-refractivity contribution in [2.45, 2.75) is 25.8 Å². The van der Waals surface area contributed by atoms with Crippen molar-refractivity contribution in [1.82, 2.24) is 5.32 Å². The van der Waals surface area contributed by atoms with Gasteiger partial charge >= 0.3 is 5.97 Å². The molecule has 1 saturated carbocycles. The summed E-state index contributed by atoms with van der Waals surface area (Å²) in [6.07, 6.45) is 2.05. The standard InChI is InChI=1S/C13H15NO3/c1-9-2-4-10(5-3-9)13(16)17-8-12(15)14-11-6-7-11/h2-5,11H,6-8H2,1H3,(H,14,15). The molecule has 1 fully saturated rings. The molecular formula is C13H15NO3. The van der Waals surface area contributed by atoms with E-state index < -0.39 is 5.97 Å². The van der Waals surface area contributed by atoms with Crippen LogP contribution in [0.15, 0.2) is 24.3 Å². The highest BCUT2D eigenvalue weighted by Gasteiger charge is 2.23. The Morgan fingerprint density at radius 2 is 1.94 bits per heavy atom. The lowest BCUT2D eigenvalue weighted by Gasteiger charge is -2.05. The third-order valence-electron chi connectivity index (χ3n) is 2.56. The van der Waals surface area contributed by atoms with Gasteiger partial charge in [-0.2, -0.15) is 0 Å². The molecule has 2 rings (SSSR count). The average molecular weight is 233 g/mol. The van der Waals surface area contributed by atoms with Crippen LogP contribution < -0.4 is 5.32 Å². The van der Waals surface area contributed by atoms with Gasteiger partial charge in [0.05, 0.1) is 5.56 Å². The van der Waals surface area contributed by atoms with Crippen LogP contribution in [0.2, 0.25) is 0 Å². The van der Waals surface area contributed by atoms with Crippen LogP contribution >= 0.6 is 0 Å². The summed E-state index contributed by atoms with van der Waals surface area (Å²) in [5.41, 5.74) is 1.54. The number of rotatable bonds is 4. The topological polar surface area (TPSA) is 55.4 Å². The summed E-state index contributed by atoms with van der Waals surface area (Å²) < 4.78 is 4.91. The van der Waals surface area contributed by atoms with Crippen LogP contribution in [0.5, 0.6) is 0 Å². The minimum atomic E-state index is -0.462. The number of hydrogen-bond donors (Lipinski definition) is 1. The van der Waals surface area contributed by atoms with Crippen LogP contribution in [0.1, 0.15) is 28.8 Å². The molecule has 0 heterocycles. The van der Waals surface area contributed by atoms with Crippen LogP contribution in [-0.4, -0.2) is 24.5 Å². The smallest absolute Gasteiger partial charge is 0.338 e. The van der Waals surface area contributed by atoms with E-state index in [1.807, 2.05) is 19.1 Å². The summed E-state index contributed by atoms with van der Waals surface area (Å²) in [5.74, 6) is -0.691. The molecule has 0 unspecified atom stereocenters. The molecule has 1 N–H and O–H groups in total. The Balaban J connectivity index is 1.79. The van der Waals surface area contributed by atoms with Gasteiger partial charge in [-0.05, 0) is 31.9 Å². The number of amides is 1. The molecule has 0 aromatic heterocycles. The molecule has 1 amide bonds. The molecule has 4 nitrogen and oxygen atoms in total. The number of carbonyl (C=O) groups excluding carboxylic acids is 2. The van der Waals surface area contributed by atoms with Crippen molar-refractivity contribution in [2.24, 2.45) is 0 Å². The lowest BCUT2D eigenvalue weighted by atomic mass is 10.1. The van der Waals surface area contributed by atoms with E-state index >= 15 is 0 Å². The third kappa shape index (κ3) is 3.59. The van der Waals surface area contributed by atoms with Gasteiger partial charge in [-0.15, -0.1) is 0 Å². The predicted octanol–water partition coefficient (Wildman–Crippen LogP) is 1.43. The van der Waals surface area contributed by atoms with Crippen molar-refractivity contribution in [1.29, 1.82) is 0 Å². The van der Waals surface area contributed by atoms with E-state index in [1.54, 1.807) is 12.1 Å². The van der Waals surface area contributed by atoms with Crippen molar-refractivity contribution in [3.63, 3.8) is 0 Å². The van der Waals surface area contributed by atoms with Crippen LogP contribution in [0.25, 0.3) is 0 Å². The van der Waals surface area contributed by atoms with E-state index in [1.165, 1.54) is 0 Å². The first-order valence-corrected chi connectivity index (χ1v) is 5.68. The number of hydrogen-bond acceptors (Lipinski definition) is 3. The van der Waals surface area contributed by atoms with Gasteiger partial charge in [0, 0.05) is 6.04 Å². The van der Waals surface area contributed by atoms with Crippen molar-refractivity contribution in [2.75, 3.05) is 6.61 Å². The zero-order valence-corrected chi connectivity index (χ0v) is 9.73. The summed E-state index contributed by atoms with van der Waals surface area (Å²) in [7, 11) is 0. The Labute approximate surface area is 100.0 Å². The first kappa shape index (κ1) is 11.6. The molecule has 0 saturated heterocycles. The van der Waals surface area contributed by atoms with E-state index in [2.05, 4.69) is 5.32 Å². The highest BCUT2D eigenvalue weighted by molar-refractivity contribution is 5.91. The van der Waals surface area contributed by atoms with Gasteiger partial charge in [-0.1, -0.05) is 17.7 Å². The molecule has 1 aliphatic rings. The molecule has 4 heteroatoms. The van der Waals surface area contributed by atoms with E-state index in [9.17, 15) is 9.59 Å². The SMILES string of the molecule is Cc1ccc(C(=O)OCC(=O)NC2CC2)cc1.